The molecule has 0 aliphatic heterocycles. The summed E-state index contributed by atoms with van der Waals surface area (Å²) in [6.07, 6.45) is 1.67. The number of halogens is 1. The van der Waals surface area contributed by atoms with E-state index in [1.54, 1.807) is 6.33 Å². The molecule has 3 N–H and O–H groups in total. The molecular weight excluding hydrogens is 379 g/mol. The maximum Gasteiger partial charge on any atom is 0.189 e. The zero-order valence-electron chi connectivity index (χ0n) is 12.4. The maximum atomic E-state index is 5.85. The van der Waals surface area contributed by atoms with Crippen LogP contribution in [0.3, 0.4) is 0 Å². The van der Waals surface area contributed by atoms with Gasteiger partial charge in [-0.05, 0) is 32.9 Å². The van der Waals surface area contributed by atoms with Crippen molar-refractivity contribution in [3.63, 3.8) is 0 Å². The van der Waals surface area contributed by atoms with Crippen LogP contribution in [0.4, 0.5) is 0 Å². The lowest BCUT2D eigenvalue weighted by Crippen LogP contribution is -2.45. The molecule has 114 valence electrons. The minimum absolute atomic E-state index is 0. The van der Waals surface area contributed by atoms with Crippen molar-refractivity contribution in [2.75, 3.05) is 0 Å². The lowest BCUT2D eigenvalue weighted by Gasteiger charge is -2.20. The van der Waals surface area contributed by atoms with Crippen LogP contribution in [0.15, 0.2) is 41.7 Å². The first kappa shape index (κ1) is 17.4. The fraction of sp³-hybridized carbons (Fsp3) is 0.357. The summed E-state index contributed by atoms with van der Waals surface area (Å²) in [7, 11) is 0. The molecule has 0 saturated carbocycles. The SMILES string of the molecule is CC(C)(C)NC(N)=NCc1nncn1-c1ccccc1.I. The number of nitrogens with one attached hydrogen (secondary N) is 1. The van der Waals surface area contributed by atoms with E-state index in [2.05, 4.69) is 20.5 Å². The number of hydrogen-bond donors (Lipinski definition) is 2. The van der Waals surface area contributed by atoms with Crippen LogP contribution < -0.4 is 11.1 Å². The molecule has 0 spiro atoms. The molecule has 0 saturated heterocycles. The number of nitrogens with zero attached hydrogens (tertiary/aromatic N) is 4. The van der Waals surface area contributed by atoms with Gasteiger partial charge in [-0.1, -0.05) is 18.2 Å². The first-order valence-electron chi connectivity index (χ1n) is 6.48. The molecule has 21 heavy (non-hydrogen) atoms. The summed E-state index contributed by atoms with van der Waals surface area (Å²) in [5.74, 6) is 1.15. The summed E-state index contributed by atoms with van der Waals surface area (Å²) in [6.45, 7) is 6.47. The monoisotopic (exact) mass is 400 g/mol. The van der Waals surface area contributed by atoms with Crippen molar-refractivity contribution in [3.8, 4) is 5.69 Å². The van der Waals surface area contributed by atoms with Gasteiger partial charge in [0.2, 0.25) is 0 Å². The van der Waals surface area contributed by atoms with Gasteiger partial charge < -0.3 is 11.1 Å². The normalized spacial score (nSPS) is 11.9. The van der Waals surface area contributed by atoms with Crippen molar-refractivity contribution in [2.45, 2.75) is 32.9 Å². The quantitative estimate of drug-likeness (QED) is 0.470. The fourth-order valence-electron chi connectivity index (χ4n) is 1.75. The van der Waals surface area contributed by atoms with Crippen LogP contribution in [0.25, 0.3) is 5.69 Å². The lowest BCUT2D eigenvalue weighted by atomic mass is 10.1. The summed E-state index contributed by atoms with van der Waals surface area (Å²) in [6, 6.07) is 9.90. The lowest BCUT2D eigenvalue weighted by molar-refractivity contribution is 0.508. The zero-order valence-corrected chi connectivity index (χ0v) is 14.8. The predicted molar refractivity (Wildman–Crippen MR) is 95.0 cm³/mol. The third-order valence-electron chi connectivity index (χ3n) is 2.55. The Morgan fingerprint density at radius 2 is 1.95 bits per heavy atom. The van der Waals surface area contributed by atoms with Crippen molar-refractivity contribution >= 4 is 29.9 Å². The molecule has 0 bridgehead atoms. The van der Waals surface area contributed by atoms with E-state index in [1.807, 2.05) is 55.7 Å². The highest BCUT2D eigenvalue weighted by Crippen LogP contribution is 2.09. The fourth-order valence-corrected chi connectivity index (χ4v) is 1.75. The van der Waals surface area contributed by atoms with Gasteiger partial charge in [0.05, 0.1) is 0 Å². The highest BCUT2D eigenvalue weighted by molar-refractivity contribution is 14.0. The Morgan fingerprint density at radius 3 is 2.57 bits per heavy atom. The Balaban J connectivity index is 0.00000220. The molecule has 1 aromatic carbocycles. The van der Waals surface area contributed by atoms with Crippen LogP contribution in [0.5, 0.6) is 0 Å². The maximum absolute atomic E-state index is 5.85. The molecule has 2 aromatic rings. The Hall–Kier alpha value is -1.64. The molecule has 7 heteroatoms. The molecule has 0 aliphatic carbocycles. The van der Waals surface area contributed by atoms with Crippen LogP contribution >= 0.6 is 24.0 Å². The Morgan fingerprint density at radius 1 is 1.29 bits per heavy atom. The van der Waals surface area contributed by atoms with E-state index in [4.69, 9.17) is 5.73 Å². The van der Waals surface area contributed by atoms with Gasteiger partial charge >= 0.3 is 0 Å². The first-order chi connectivity index (χ1) is 9.46. The van der Waals surface area contributed by atoms with Gasteiger partial charge in [-0.2, -0.15) is 0 Å². The van der Waals surface area contributed by atoms with Crippen LogP contribution in [0, 0.1) is 0 Å². The molecule has 0 atom stereocenters. The van der Waals surface area contributed by atoms with Gasteiger partial charge in [0.15, 0.2) is 11.8 Å². The summed E-state index contributed by atoms with van der Waals surface area (Å²) in [5, 5.41) is 11.1. The molecule has 6 nitrogen and oxygen atoms in total. The second kappa shape index (κ2) is 7.39. The van der Waals surface area contributed by atoms with Gasteiger partial charge in [-0.25, -0.2) is 4.99 Å². The second-order valence-corrected chi connectivity index (χ2v) is 5.53. The number of para-hydroxylation sites is 1. The molecule has 0 aliphatic rings. The minimum atomic E-state index is -0.110. The minimum Gasteiger partial charge on any atom is -0.370 e. The Labute approximate surface area is 141 Å². The van der Waals surface area contributed by atoms with Crippen LogP contribution in [-0.2, 0) is 6.54 Å². The van der Waals surface area contributed by atoms with Crippen LogP contribution in [0.1, 0.15) is 26.6 Å². The molecular formula is C14H21IN6. The number of benzene rings is 1. The number of nitrogens with two attached hydrogens (primary N) is 1. The van der Waals surface area contributed by atoms with Gasteiger partial charge in [0.25, 0.3) is 0 Å². The third-order valence-corrected chi connectivity index (χ3v) is 2.55. The second-order valence-electron chi connectivity index (χ2n) is 5.53. The Bertz CT molecular complexity index is 585. The summed E-state index contributed by atoms with van der Waals surface area (Å²) < 4.78 is 1.90. The summed E-state index contributed by atoms with van der Waals surface area (Å²) >= 11 is 0. The largest absolute Gasteiger partial charge is 0.370 e. The topological polar surface area (TPSA) is 81.1 Å². The molecule has 0 unspecified atom stereocenters. The van der Waals surface area contributed by atoms with Crippen molar-refractivity contribution in [3.05, 3.63) is 42.5 Å². The smallest absolute Gasteiger partial charge is 0.189 e. The van der Waals surface area contributed by atoms with Crippen molar-refractivity contribution in [1.82, 2.24) is 20.1 Å². The number of guanidine groups is 1. The molecule has 0 radical (unpaired) electrons. The van der Waals surface area contributed by atoms with Crippen LogP contribution in [0.2, 0.25) is 0 Å². The van der Waals surface area contributed by atoms with Gasteiger partial charge in [0, 0.05) is 11.2 Å². The number of hydrogen-bond acceptors (Lipinski definition) is 3. The van der Waals surface area contributed by atoms with E-state index in [9.17, 15) is 0 Å². The van der Waals surface area contributed by atoms with Crippen molar-refractivity contribution in [1.29, 1.82) is 0 Å². The van der Waals surface area contributed by atoms with E-state index in [0.717, 1.165) is 11.5 Å². The molecule has 2 rings (SSSR count). The van der Waals surface area contributed by atoms with E-state index in [-0.39, 0.29) is 29.5 Å². The van der Waals surface area contributed by atoms with Gasteiger partial charge in [-0.15, -0.1) is 34.2 Å². The average molecular weight is 400 g/mol. The van der Waals surface area contributed by atoms with E-state index in [1.165, 1.54) is 0 Å². The van der Waals surface area contributed by atoms with Gasteiger partial charge in [-0.3, -0.25) is 4.57 Å². The highest BCUT2D eigenvalue weighted by Gasteiger charge is 2.10. The molecule has 0 amide bonds. The van der Waals surface area contributed by atoms with Crippen molar-refractivity contribution in [2.24, 2.45) is 10.7 Å². The zero-order chi connectivity index (χ0) is 14.6. The molecule has 1 heterocycles. The third kappa shape index (κ3) is 5.33. The predicted octanol–water partition coefficient (Wildman–Crippen LogP) is 2.09. The standard InChI is InChI=1S/C14H20N6.HI/c1-14(2,3)18-13(15)16-9-12-19-17-10-20(12)11-7-5-4-6-8-11;/h4-8,10H,9H2,1-3H3,(H3,15,16,18);1H. The van der Waals surface area contributed by atoms with Crippen LogP contribution in [-0.4, -0.2) is 26.3 Å². The van der Waals surface area contributed by atoms with E-state index in [0.29, 0.717) is 12.5 Å². The molecule has 0 fully saturated rings. The number of aromatic nitrogens is 3. The van der Waals surface area contributed by atoms with E-state index < -0.39 is 0 Å². The van der Waals surface area contributed by atoms with E-state index >= 15 is 0 Å². The summed E-state index contributed by atoms with van der Waals surface area (Å²) in [4.78, 5) is 4.30. The Kier molecular flexibility index (Phi) is 6.13. The first-order valence-corrected chi connectivity index (χ1v) is 6.48. The number of aliphatic imine (C=N–C) groups is 1. The average Bonchev–Trinajstić information content (AvgIpc) is 2.83. The highest BCUT2D eigenvalue weighted by atomic mass is 127. The van der Waals surface area contributed by atoms with Crippen molar-refractivity contribution < 1.29 is 0 Å². The molecule has 1 aromatic heterocycles. The number of rotatable bonds is 3. The van der Waals surface area contributed by atoms with Gasteiger partial charge in [0.1, 0.15) is 12.9 Å². The summed E-state index contributed by atoms with van der Waals surface area (Å²) in [5.41, 5.74) is 6.74.